The van der Waals surface area contributed by atoms with Crippen LogP contribution in [0.1, 0.15) is 58.2 Å². The summed E-state index contributed by atoms with van der Waals surface area (Å²) in [5.41, 5.74) is 11.5. The molecule has 0 amide bonds. The molecule has 0 radical (unpaired) electrons. The van der Waals surface area contributed by atoms with E-state index in [4.69, 9.17) is 15.4 Å². The third-order valence-electron chi connectivity index (χ3n) is 12.1. The van der Waals surface area contributed by atoms with Gasteiger partial charge in [0.15, 0.2) is 0 Å². The highest BCUT2D eigenvalue weighted by Crippen LogP contribution is 2.46. The van der Waals surface area contributed by atoms with Crippen molar-refractivity contribution in [1.82, 2.24) is 9.13 Å². The first kappa shape index (κ1) is 34.0. The Balaban J connectivity index is 1.28. The molecule has 0 N–H and O–H groups in total. The Labute approximate surface area is 334 Å². The fourth-order valence-corrected chi connectivity index (χ4v) is 9.13. The van der Waals surface area contributed by atoms with Crippen LogP contribution in [0.25, 0.3) is 104 Å². The molecule has 7 aromatic carbocycles. The molecule has 0 aliphatic carbocycles. The Morgan fingerprint density at radius 1 is 0.517 bits per heavy atom. The predicted octanol–water partition coefficient (Wildman–Crippen LogP) is 14.7. The van der Waals surface area contributed by atoms with Crippen molar-refractivity contribution >= 4 is 93.2 Å². The number of furan rings is 2. The number of nitrogens with zero attached hydrogens (tertiary/aromatic N) is 4. The maximum atomic E-state index is 10.9. The summed E-state index contributed by atoms with van der Waals surface area (Å²) in [6.45, 7) is 21.8. The number of hydrogen-bond donors (Lipinski definition) is 0. The van der Waals surface area contributed by atoms with Gasteiger partial charge < -0.3 is 18.0 Å². The second-order valence-corrected chi connectivity index (χ2v) is 17.6. The molecule has 6 heteroatoms. The van der Waals surface area contributed by atoms with Gasteiger partial charge in [-0.05, 0) is 94.8 Å². The van der Waals surface area contributed by atoms with E-state index < -0.39 is 0 Å². The van der Waals surface area contributed by atoms with E-state index in [1.165, 1.54) is 11.1 Å². The number of nitriles is 1. The first-order valence-corrected chi connectivity index (χ1v) is 19.7. The van der Waals surface area contributed by atoms with Crippen molar-refractivity contribution in [2.45, 2.75) is 52.4 Å². The molecule has 0 spiro atoms. The van der Waals surface area contributed by atoms with E-state index in [-0.39, 0.29) is 10.8 Å². The van der Waals surface area contributed by atoms with Gasteiger partial charge in [-0.25, -0.2) is 4.85 Å². The zero-order valence-electron chi connectivity index (χ0n) is 33.2. The summed E-state index contributed by atoms with van der Waals surface area (Å²) < 4.78 is 17.7. The normalized spacial score (nSPS) is 12.6. The minimum absolute atomic E-state index is 0.0949. The minimum Gasteiger partial charge on any atom is -0.455 e. The van der Waals surface area contributed by atoms with Crippen LogP contribution in [-0.2, 0) is 10.8 Å². The van der Waals surface area contributed by atoms with Crippen LogP contribution in [0.2, 0.25) is 0 Å². The smallest absolute Gasteiger partial charge is 0.212 e. The summed E-state index contributed by atoms with van der Waals surface area (Å²) in [7, 11) is 0. The van der Waals surface area contributed by atoms with E-state index in [9.17, 15) is 5.26 Å². The van der Waals surface area contributed by atoms with Gasteiger partial charge in [-0.15, -0.1) is 0 Å². The lowest BCUT2D eigenvalue weighted by Crippen LogP contribution is -2.10. The van der Waals surface area contributed by atoms with Gasteiger partial charge in [0.25, 0.3) is 0 Å². The van der Waals surface area contributed by atoms with Crippen molar-refractivity contribution in [3.8, 4) is 17.4 Å². The highest BCUT2D eigenvalue weighted by atomic mass is 16.3. The summed E-state index contributed by atoms with van der Waals surface area (Å²) >= 11 is 0. The monoisotopic (exact) mass is 750 g/mol. The molecule has 0 saturated carbocycles. The number of para-hydroxylation sites is 2. The number of hydrogen-bond acceptors (Lipinski definition) is 3. The van der Waals surface area contributed by atoms with Crippen LogP contribution in [0.15, 0.2) is 130 Å². The van der Waals surface area contributed by atoms with Crippen molar-refractivity contribution in [1.29, 1.82) is 5.26 Å². The number of aromatic nitrogens is 2. The maximum absolute atomic E-state index is 10.9. The second-order valence-electron chi connectivity index (χ2n) is 17.6. The molecule has 6 nitrogen and oxygen atoms in total. The van der Waals surface area contributed by atoms with E-state index in [2.05, 4.69) is 134 Å². The molecule has 278 valence electrons. The molecule has 0 bridgehead atoms. The van der Waals surface area contributed by atoms with Gasteiger partial charge in [-0.1, -0.05) is 90.1 Å². The van der Waals surface area contributed by atoms with Crippen molar-refractivity contribution in [3.63, 3.8) is 0 Å². The summed E-state index contributed by atoms with van der Waals surface area (Å²) in [5.74, 6) is 0. The lowest BCUT2D eigenvalue weighted by Gasteiger charge is -2.20. The van der Waals surface area contributed by atoms with E-state index in [1.807, 2.05) is 42.5 Å². The fourth-order valence-electron chi connectivity index (χ4n) is 9.13. The number of fused-ring (bicyclic) bond motifs is 14. The quantitative estimate of drug-likeness (QED) is 0.165. The lowest BCUT2D eigenvalue weighted by molar-refractivity contribution is 0.591. The van der Waals surface area contributed by atoms with Gasteiger partial charge in [0.1, 0.15) is 22.3 Å². The topological polar surface area (TPSA) is 64.3 Å². The van der Waals surface area contributed by atoms with Crippen LogP contribution < -0.4 is 0 Å². The Morgan fingerprint density at radius 3 is 1.45 bits per heavy atom. The third kappa shape index (κ3) is 4.63. The van der Waals surface area contributed by atoms with Crippen LogP contribution in [0.5, 0.6) is 0 Å². The van der Waals surface area contributed by atoms with Gasteiger partial charge in [0.2, 0.25) is 5.69 Å². The van der Waals surface area contributed by atoms with E-state index in [0.29, 0.717) is 22.6 Å². The molecule has 0 atom stereocenters. The van der Waals surface area contributed by atoms with Gasteiger partial charge in [0, 0.05) is 32.3 Å². The number of benzene rings is 7. The van der Waals surface area contributed by atoms with Crippen molar-refractivity contribution in [2.75, 3.05) is 0 Å². The Kier molecular flexibility index (Phi) is 6.82. The van der Waals surface area contributed by atoms with Gasteiger partial charge in [-0.2, -0.15) is 5.26 Å². The van der Waals surface area contributed by atoms with E-state index in [1.54, 1.807) is 6.07 Å². The second kappa shape index (κ2) is 11.6. The van der Waals surface area contributed by atoms with Crippen molar-refractivity contribution < 1.29 is 8.83 Å². The van der Waals surface area contributed by atoms with Crippen LogP contribution >= 0.6 is 0 Å². The first-order chi connectivity index (χ1) is 27.9. The zero-order chi connectivity index (χ0) is 39.8. The average molecular weight is 751 g/mol. The van der Waals surface area contributed by atoms with Gasteiger partial charge in [0.05, 0.1) is 62.4 Å². The number of rotatable bonds is 2. The highest BCUT2D eigenvalue weighted by Gasteiger charge is 2.26. The van der Waals surface area contributed by atoms with Crippen LogP contribution in [-0.4, -0.2) is 9.13 Å². The van der Waals surface area contributed by atoms with Gasteiger partial charge >= 0.3 is 0 Å². The summed E-state index contributed by atoms with van der Waals surface area (Å²) in [6, 6.07) is 44.4. The zero-order valence-corrected chi connectivity index (χ0v) is 33.2. The molecule has 0 fully saturated rings. The molecular formula is C52H38N4O2. The Hall–Kier alpha value is -7.28. The van der Waals surface area contributed by atoms with Crippen molar-refractivity contribution in [3.05, 3.63) is 149 Å². The molecule has 0 aliphatic heterocycles. The average Bonchev–Trinajstić information content (AvgIpc) is 3.96. The Morgan fingerprint density at radius 2 is 0.983 bits per heavy atom. The molecule has 0 aliphatic rings. The minimum atomic E-state index is -0.0959. The molecule has 11 rings (SSSR count). The molecule has 0 unspecified atom stereocenters. The van der Waals surface area contributed by atoms with Gasteiger partial charge in [-0.3, -0.25) is 0 Å². The molecule has 4 heterocycles. The maximum Gasteiger partial charge on any atom is 0.212 e. The van der Waals surface area contributed by atoms with Crippen LogP contribution in [0.4, 0.5) is 5.69 Å². The fraction of sp³-hybridized carbons (Fsp3) is 0.154. The van der Waals surface area contributed by atoms with Crippen LogP contribution in [0.3, 0.4) is 0 Å². The summed E-state index contributed by atoms with van der Waals surface area (Å²) in [4.78, 5) is 4.08. The van der Waals surface area contributed by atoms with E-state index >= 15 is 0 Å². The molecule has 58 heavy (non-hydrogen) atoms. The third-order valence-corrected chi connectivity index (χ3v) is 12.1. The SMILES string of the molecule is [C-]#[N+]c1cc(C#N)c(-n2c3ccc(C(C)(C)C)cc3c3c4oc5ccccc5c4ccc32)cc1-n1c2ccc(C(C)(C)C)cc2c2c3oc4ccccc4c3ccc21. The predicted molar refractivity (Wildman–Crippen MR) is 238 cm³/mol. The molecular weight excluding hydrogens is 713 g/mol. The largest absolute Gasteiger partial charge is 0.455 e. The van der Waals surface area contributed by atoms with Crippen LogP contribution in [0, 0.1) is 17.9 Å². The molecule has 4 aromatic heterocycles. The summed E-state index contributed by atoms with van der Waals surface area (Å²) in [5, 5.41) is 19.2. The Bertz CT molecular complexity index is 3430. The first-order valence-electron chi connectivity index (χ1n) is 19.7. The lowest BCUT2D eigenvalue weighted by atomic mass is 9.86. The summed E-state index contributed by atoms with van der Waals surface area (Å²) in [6.07, 6.45) is 0. The van der Waals surface area contributed by atoms with Crippen molar-refractivity contribution in [2.24, 2.45) is 0 Å². The highest BCUT2D eigenvalue weighted by molar-refractivity contribution is 6.25. The standard InChI is InChI=1S/C52H38N4O2/c1-51(2,3)30-16-20-39-36(25-30)47-41(22-18-34-32-12-8-10-14-45(32)57-49(34)47)55(39)43-27-44(38(54-7)24-29(43)28-53)56-40-21-17-31(52(4,5)6)26-37(40)48-42(56)23-19-35-33-13-9-11-15-46(33)58-50(35)48/h8-27H,1-6H3. The molecule has 0 saturated heterocycles. The van der Waals surface area contributed by atoms with E-state index in [0.717, 1.165) is 87.5 Å². The molecule has 11 aromatic rings.